The predicted octanol–water partition coefficient (Wildman–Crippen LogP) is 4.75. The van der Waals surface area contributed by atoms with Crippen molar-refractivity contribution in [2.45, 2.75) is 19.9 Å². The van der Waals surface area contributed by atoms with Crippen LogP contribution in [0.25, 0.3) is 0 Å². The Kier molecular flexibility index (Phi) is 5.76. The third-order valence-electron chi connectivity index (χ3n) is 3.02. The van der Waals surface area contributed by atoms with Crippen LogP contribution < -0.4 is 14.8 Å². The van der Waals surface area contributed by atoms with E-state index in [1.54, 1.807) is 7.11 Å². The fraction of sp³-hybridized carbons (Fsp3) is 0.294. The van der Waals surface area contributed by atoms with Gasteiger partial charge in [0, 0.05) is 12.2 Å². The number of anilines is 1. The summed E-state index contributed by atoms with van der Waals surface area (Å²) in [6.45, 7) is 3.55. The van der Waals surface area contributed by atoms with Gasteiger partial charge in [0.25, 0.3) is 0 Å². The lowest BCUT2D eigenvalue weighted by Crippen LogP contribution is -2.01. The van der Waals surface area contributed by atoms with Crippen molar-refractivity contribution < 1.29 is 9.47 Å². The fourth-order valence-electron chi connectivity index (χ4n) is 1.95. The highest BCUT2D eigenvalue weighted by Gasteiger charge is 2.02. The van der Waals surface area contributed by atoms with E-state index in [2.05, 4.69) is 18.3 Å². The van der Waals surface area contributed by atoms with Crippen LogP contribution in [0.5, 0.6) is 11.5 Å². The largest absolute Gasteiger partial charge is 0.495 e. The SMILES string of the molecule is CCCOc1cccc(CNc2ccc(OC)c(Cl)c2)c1. The zero-order valence-corrected chi connectivity index (χ0v) is 13.1. The van der Waals surface area contributed by atoms with Crippen molar-refractivity contribution >= 4 is 17.3 Å². The highest BCUT2D eigenvalue weighted by Crippen LogP contribution is 2.27. The van der Waals surface area contributed by atoms with Crippen LogP contribution in [0.4, 0.5) is 5.69 Å². The first kappa shape index (κ1) is 15.5. The van der Waals surface area contributed by atoms with Crippen molar-refractivity contribution in [2.24, 2.45) is 0 Å². The number of halogens is 1. The second-order valence-corrected chi connectivity index (χ2v) is 5.11. The van der Waals surface area contributed by atoms with Crippen molar-refractivity contribution in [3.8, 4) is 11.5 Å². The standard InChI is InChI=1S/C17H20ClNO2/c1-3-9-21-15-6-4-5-13(10-15)12-19-14-7-8-17(20-2)16(18)11-14/h4-8,10-11,19H,3,9,12H2,1-2H3. The number of methoxy groups -OCH3 is 1. The number of hydrogen-bond donors (Lipinski definition) is 1. The van der Waals surface area contributed by atoms with Gasteiger partial charge in [0.05, 0.1) is 18.7 Å². The Hall–Kier alpha value is -1.87. The van der Waals surface area contributed by atoms with E-state index in [1.165, 1.54) is 0 Å². The smallest absolute Gasteiger partial charge is 0.137 e. The number of nitrogens with one attached hydrogen (secondary N) is 1. The number of rotatable bonds is 7. The highest BCUT2D eigenvalue weighted by molar-refractivity contribution is 6.32. The molecule has 0 aliphatic carbocycles. The van der Waals surface area contributed by atoms with Gasteiger partial charge in [-0.3, -0.25) is 0 Å². The molecular weight excluding hydrogens is 286 g/mol. The fourth-order valence-corrected chi connectivity index (χ4v) is 2.20. The van der Waals surface area contributed by atoms with Crippen molar-refractivity contribution in [1.82, 2.24) is 0 Å². The van der Waals surface area contributed by atoms with Gasteiger partial charge in [-0.05, 0) is 42.3 Å². The molecule has 0 heterocycles. The molecule has 0 unspecified atom stereocenters. The monoisotopic (exact) mass is 305 g/mol. The molecule has 3 nitrogen and oxygen atoms in total. The Morgan fingerprint density at radius 1 is 1.14 bits per heavy atom. The molecule has 0 aromatic heterocycles. The van der Waals surface area contributed by atoms with E-state index in [-0.39, 0.29) is 0 Å². The lowest BCUT2D eigenvalue weighted by molar-refractivity contribution is 0.317. The second-order valence-electron chi connectivity index (χ2n) is 4.70. The topological polar surface area (TPSA) is 30.5 Å². The van der Waals surface area contributed by atoms with Crippen LogP contribution in [0.15, 0.2) is 42.5 Å². The lowest BCUT2D eigenvalue weighted by Gasteiger charge is -2.10. The van der Waals surface area contributed by atoms with E-state index in [0.717, 1.165) is 30.0 Å². The molecule has 112 valence electrons. The summed E-state index contributed by atoms with van der Waals surface area (Å²) in [5, 5.41) is 3.94. The molecule has 0 aliphatic heterocycles. The third-order valence-corrected chi connectivity index (χ3v) is 3.32. The molecule has 0 atom stereocenters. The van der Waals surface area contributed by atoms with Gasteiger partial charge in [-0.25, -0.2) is 0 Å². The molecule has 4 heteroatoms. The summed E-state index contributed by atoms with van der Waals surface area (Å²) in [6, 6.07) is 13.8. The van der Waals surface area contributed by atoms with Crippen LogP contribution >= 0.6 is 11.6 Å². The van der Waals surface area contributed by atoms with Gasteiger partial charge in [0.1, 0.15) is 11.5 Å². The van der Waals surface area contributed by atoms with Gasteiger partial charge >= 0.3 is 0 Å². The van der Waals surface area contributed by atoms with E-state index in [0.29, 0.717) is 17.3 Å². The molecule has 0 saturated heterocycles. The third kappa shape index (κ3) is 4.57. The molecule has 0 amide bonds. The summed E-state index contributed by atoms with van der Waals surface area (Å²) in [6.07, 6.45) is 1.01. The summed E-state index contributed by atoms with van der Waals surface area (Å²) < 4.78 is 10.8. The van der Waals surface area contributed by atoms with Gasteiger partial charge in [-0.15, -0.1) is 0 Å². The average Bonchev–Trinajstić information content (AvgIpc) is 2.51. The van der Waals surface area contributed by atoms with E-state index in [4.69, 9.17) is 21.1 Å². The van der Waals surface area contributed by atoms with Gasteiger partial charge < -0.3 is 14.8 Å². The Bertz CT molecular complexity index is 587. The molecule has 0 radical (unpaired) electrons. The normalized spacial score (nSPS) is 10.2. The minimum atomic E-state index is 0.600. The maximum Gasteiger partial charge on any atom is 0.137 e. The first-order valence-electron chi connectivity index (χ1n) is 7.02. The first-order valence-corrected chi connectivity index (χ1v) is 7.40. The van der Waals surface area contributed by atoms with E-state index in [9.17, 15) is 0 Å². The van der Waals surface area contributed by atoms with Crippen molar-refractivity contribution in [3.63, 3.8) is 0 Å². The molecular formula is C17H20ClNO2. The van der Waals surface area contributed by atoms with Crippen LogP contribution in [0, 0.1) is 0 Å². The summed E-state index contributed by atoms with van der Waals surface area (Å²) in [7, 11) is 1.61. The van der Waals surface area contributed by atoms with Crippen molar-refractivity contribution in [3.05, 3.63) is 53.1 Å². The molecule has 2 aromatic rings. The molecule has 0 aliphatic rings. The van der Waals surface area contributed by atoms with Crippen molar-refractivity contribution in [1.29, 1.82) is 0 Å². The van der Waals surface area contributed by atoms with E-state index in [1.807, 2.05) is 36.4 Å². The minimum absolute atomic E-state index is 0.600. The second kappa shape index (κ2) is 7.79. The maximum atomic E-state index is 6.11. The predicted molar refractivity (Wildman–Crippen MR) is 87.6 cm³/mol. The first-order chi connectivity index (χ1) is 10.2. The number of benzene rings is 2. The van der Waals surface area contributed by atoms with Crippen LogP contribution in [0.1, 0.15) is 18.9 Å². The minimum Gasteiger partial charge on any atom is -0.495 e. The van der Waals surface area contributed by atoms with E-state index < -0.39 is 0 Å². The molecule has 0 bridgehead atoms. The molecule has 21 heavy (non-hydrogen) atoms. The molecule has 2 aromatic carbocycles. The summed E-state index contributed by atoms with van der Waals surface area (Å²) >= 11 is 6.11. The maximum absolute atomic E-state index is 6.11. The van der Waals surface area contributed by atoms with Gasteiger partial charge in [0.15, 0.2) is 0 Å². The zero-order chi connectivity index (χ0) is 15.1. The van der Waals surface area contributed by atoms with E-state index >= 15 is 0 Å². The average molecular weight is 306 g/mol. The number of ether oxygens (including phenoxy) is 2. The summed E-state index contributed by atoms with van der Waals surface area (Å²) in [5.41, 5.74) is 2.12. The Balaban J connectivity index is 1.97. The molecule has 0 spiro atoms. The zero-order valence-electron chi connectivity index (χ0n) is 12.4. The lowest BCUT2D eigenvalue weighted by atomic mass is 10.2. The van der Waals surface area contributed by atoms with Crippen LogP contribution in [-0.4, -0.2) is 13.7 Å². The summed E-state index contributed by atoms with van der Waals surface area (Å²) in [4.78, 5) is 0. The molecule has 1 N–H and O–H groups in total. The van der Waals surface area contributed by atoms with Crippen LogP contribution in [-0.2, 0) is 6.54 Å². The quantitative estimate of drug-likeness (QED) is 0.800. The Morgan fingerprint density at radius 3 is 2.71 bits per heavy atom. The molecule has 2 rings (SSSR count). The summed E-state index contributed by atoms with van der Waals surface area (Å²) in [5.74, 6) is 1.58. The van der Waals surface area contributed by atoms with Crippen molar-refractivity contribution in [2.75, 3.05) is 19.0 Å². The molecule has 0 fully saturated rings. The highest BCUT2D eigenvalue weighted by atomic mass is 35.5. The number of hydrogen-bond acceptors (Lipinski definition) is 3. The Morgan fingerprint density at radius 2 is 2.00 bits per heavy atom. The van der Waals surface area contributed by atoms with Crippen LogP contribution in [0.2, 0.25) is 5.02 Å². The van der Waals surface area contributed by atoms with Gasteiger partial charge in [-0.2, -0.15) is 0 Å². The molecule has 0 saturated carbocycles. The van der Waals surface area contributed by atoms with Gasteiger partial charge in [-0.1, -0.05) is 30.7 Å². The Labute approximate surface area is 130 Å². The van der Waals surface area contributed by atoms with Crippen LogP contribution in [0.3, 0.4) is 0 Å². The van der Waals surface area contributed by atoms with Gasteiger partial charge in [0.2, 0.25) is 0 Å².